The Morgan fingerprint density at radius 3 is 2.58 bits per heavy atom. The van der Waals surface area contributed by atoms with Crippen molar-refractivity contribution >= 4 is 16.7 Å². The van der Waals surface area contributed by atoms with Gasteiger partial charge in [0.2, 0.25) is 0 Å². The molecule has 1 N–H and O–H groups in total. The smallest absolute Gasteiger partial charge is 0.168 e. The van der Waals surface area contributed by atoms with Crippen LogP contribution in [0.3, 0.4) is 0 Å². The van der Waals surface area contributed by atoms with Gasteiger partial charge in [0.1, 0.15) is 0 Å². The second-order valence-electron chi connectivity index (χ2n) is 8.91. The Hall–Kier alpha value is -1.61. The van der Waals surface area contributed by atoms with Crippen LogP contribution in [-0.2, 0) is 0 Å². The van der Waals surface area contributed by atoms with Crippen LogP contribution in [-0.4, -0.2) is 35.3 Å². The molecule has 3 nitrogen and oxygen atoms in total. The summed E-state index contributed by atoms with van der Waals surface area (Å²) in [7, 11) is 0. The van der Waals surface area contributed by atoms with Crippen LogP contribution in [0.2, 0.25) is 0 Å². The van der Waals surface area contributed by atoms with Crippen molar-refractivity contribution in [3.8, 4) is 0 Å². The maximum Gasteiger partial charge on any atom is 0.168 e. The van der Waals surface area contributed by atoms with Crippen LogP contribution < -0.4 is 0 Å². The molecule has 0 spiro atoms. The number of piperidine rings is 1. The van der Waals surface area contributed by atoms with Crippen molar-refractivity contribution in [3.63, 3.8) is 0 Å². The minimum Gasteiger partial charge on any atom is -0.361 e. The first-order valence-electron chi connectivity index (χ1n) is 10.3. The molecule has 2 aromatic rings. The van der Waals surface area contributed by atoms with Crippen molar-refractivity contribution < 1.29 is 4.79 Å². The molecule has 3 rings (SSSR count). The fourth-order valence-electron chi connectivity index (χ4n) is 4.11. The molecule has 1 aromatic heterocycles. The minimum absolute atomic E-state index is 0.220. The highest BCUT2D eigenvalue weighted by molar-refractivity contribution is 6.03. The van der Waals surface area contributed by atoms with Gasteiger partial charge in [-0.15, -0.1) is 0 Å². The number of nitrogens with one attached hydrogen (secondary N) is 1. The second kappa shape index (κ2) is 7.96. The summed E-state index contributed by atoms with van der Waals surface area (Å²) in [6.07, 6.45) is 8.57. The number of likely N-dealkylation sites (tertiary alicyclic amines) is 1. The monoisotopic (exact) mass is 354 g/mol. The number of hydrogen-bond acceptors (Lipinski definition) is 2. The summed E-state index contributed by atoms with van der Waals surface area (Å²) in [4.78, 5) is 18.7. The Morgan fingerprint density at radius 1 is 1.19 bits per heavy atom. The van der Waals surface area contributed by atoms with Crippen molar-refractivity contribution in [2.45, 2.75) is 65.7 Å². The number of carbonyl (C=O) groups excluding carboxylic acids is 1. The standard InChI is InChI=1S/C23H34N2O/c1-5-6-7-12-25-13-10-17(11-14-25)20-16-24-21-9-8-18(15-19(20)21)22(26)23(2,3)4/h8-9,15-17,24H,5-7,10-14H2,1-4H3. The molecule has 3 heteroatoms. The lowest BCUT2D eigenvalue weighted by Crippen LogP contribution is -2.33. The number of aromatic amines is 1. The number of benzene rings is 1. The molecule has 0 bridgehead atoms. The quantitative estimate of drug-likeness (QED) is 0.528. The summed E-state index contributed by atoms with van der Waals surface area (Å²) in [5.74, 6) is 0.823. The zero-order valence-corrected chi connectivity index (χ0v) is 16.9. The summed E-state index contributed by atoms with van der Waals surface area (Å²) in [5.41, 5.74) is 3.05. The molecule has 0 radical (unpaired) electrons. The van der Waals surface area contributed by atoms with Gasteiger partial charge in [-0.25, -0.2) is 0 Å². The number of hydrogen-bond donors (Lipinski definition) is 1. The van der Waals surface area contributed by atoms with Crippen LogP contribution in [0.1, 0.15) is 81.6 Å². The molecular formula is C23H34N2O. The number of aromatic nitrogens is 1. The van der Waals surface area contributed by atoms with E-state index in [4.69, 9.17) is 0 Å². The number of ketones is 1. The summed E-state index contributed by atoms with van der Waals surface area (Å²) in [6.45, 7) is 11.9. The number of rotatable bonds is 6. The number of nitrogens with zero attached hydrogens (tertiary/aromatic N) is 1. The van der Waals surface area contributed by atoms with E-state index in [9.17, 15) is 4.79 Å². The first-order valence-corrected chi connectivity index (χ1v) is 10.3. The molecule has 1 aliphatic heterocycles. The number of Topliss-reactive ketones (excluding diaryl/α,β-unsaturated/α-hetero) is 1. The first kappa shape index (κ1) is 19.2. The second-order valence-corrected chi connectivity index (χ2v) is 8.91. The maximum atomic E-state index is 12.7. The zero-order valence-electron chi connectivity index (χ0n) is 16.9. The molecule has 1 aromatic carbocycles. The highest BCUT2D eigenvalue weighted by Crippen LogP contribution is 2.34. The third-order valence-corrected chi connectivity index (χ3v) is 5.76. The Morgan fingerprint density at radius 2 is 1.92 bits per heavy atom. The fraction of sp³-hybridized carbons (Fsp3) is 0.609. The van der Waals surface area contributed by atoms with Gasteiger partial charge in [-0.05, 0) is 68.6 Å². The Labute approximate surface area is 158 Å². The van der Waals surface area contributed by atoms with Gasteiger partial charge in [0.15, 0.2) is 5.78 Å². The van der Waals surface area contributed by atoms with Crippen LogP contribution in [0, 0.1) is 5.41 Å². The predicted molar refractivity (Wildman–Crippen MR) is 110 cm³/mol. The number of unbranched alkanes of at least 4 members (excludes halogenated alkanes) is 2. The van der Waals surface area contributed by atoms with Crippen molar-refractivity contribution in [2.24, 2.45) is 5.41 Å². The van der Waals surface area contributed by atoms with Crippen LogP contribution in [0.5, 0.6) is 0 Å². The van der Waals surface area contributed by atoms with Crippen molar-refractivity contribution in [1.82, 2.24) is 9.88 Å². The molecule has 26 heavy (non-hydrogen) atoms. The average Bonchev–Trinajstić information content (AvgIpc) is 3.04. The van der Waals surface area contributed by atoms with Crippen molar-refractivity contribution in [3.05, 3.63) is 35.5 Å². The van der Waals surface area contributed by atoms with E-state index in [0.717, 1.165) is 11.1 Å². The van der Waals surface area contributed by atoms with E-state index in [0.29, 0.717) is 5.92 Å². The molecule has 0 aliphatic carbocycles. The Bertz CT molecular complexity index is 745. The third-order valence-electron chi connectivity index (χ3n) is 5.76. The van der Waals surface area contributed by atoms with E-state index >= 15 is 0 Å². The predicted octanol–water partition coefficient (Wildman–Crippen LogP) is 5.77. The van der Waals surface area contributed by atoms with Crippen molar-refractivity contribution in [2.75, 3.05) is 19.6 Å². The highest BCUT2D eigenvalue weighted by atomic mass is 16.1. The lowest BCUT2D eigenvalue weighted by molar-refractivity contribution is 0.0858. The molecule has 1 saturated heterocycles. The lowest BCUT2D eigenvalue weighted by atomic mass is 9.85. The van der Waals surface area contributed by atoms with E-state index in [2.05, 4.69) is 35.1 Å². The van der Waals surface area contributed by atoms with Gasteiger partial charge in [0.05, 0.1) is 0 Å². The molecule has 0 saturated carbocycles. The maximum absolute atomic E-state index is 12.7. The highest BCUT2D eigenvalue weighted by Gasteiger charge is 2.25. The third kappa shape index (κ3) is 4.20. The Balaban J connectivity index is 1.74. The molecule has 2 heterocycles. The summed E-state index contributed by atoms with van der Waals surface area (Å²) >= 11 is 0. The van der Waals surface area contributed by atoms with E-state index in [1.54, 1.807) is 0 Å². The van der Waals surface area contributed by atoms with Gasteiger partial charge >= 0.3 is 0 Å². The van der Waals surface area contributed by atoms with Crippen LogP contribution >= 0.6 is 0 Å². The fourth-order valence-corrected chi connectivity index (χ4v) is 4.11. The average molecular weight is 355 g/mol. The van der Waals surface area contributed by atoms with Crippen molar-refractivity contribution in [1.29, 1.82) is 0 Å². The number of fused-ring (bicyclic) bond motifs is 1. The van der Waals surface area contributed by atoms with E-state index in [-0.39, 0.29) is 11.2 Å². The van der Waals surface area contributed by atoms with E-state index in [1.807, 2.05) is 26.8 Å². The van der Waals surface area contributed by atoms with Crippen LogP contribution in [0.15, 0.2) is 24.4 Å². The van der Waals surface area contributed by atoms with Gasteiger partial charge in [-0.3, -0.25) is 4.79 Å². The SMILES string of the molecule is CCCCCN1CCC(c2c[nH]c3ccc(C(=O)C(C)(C)C)cc23)CC1. The number of H-pyrrole nitrogens is 1. The lowest BCUT2D eigenvalue weighted by Gasteiger charge is -2.32. The normalized spacial score (nSPS) is 17.1. The molecule has 1 fully saturated rings. The first-order chi connectivity index (χ1) is 12.4. The number of carbonyl (C=O) groups is 1. The van der Waals surface area contributed by atoms with Gasteiger partial charge in [-0.1, -0.05) is 40.5 Å². The largest absolute Gasteiger partial charge is 0.361 e. The zero-order chi connectivity index (χ0) is 18.7. The van der Waals surface area contributed by atoms with Crippen LogP contribution in [0.25, 0.3) is 10.9 Å². The molecule has 0 unspecified atom stereocenters. The summed E-state index contributed by atoms with van der Waals surface area (Å²) in [6, 6.07) is 6.15. The van der Waals surface area contributed by atoms with Gasteiger partial charge in [0, 0.05) is 28.1 Å². The molecule has 1 aliphatic rings. The van der Waals surface area contributed by atoms with Gasteiger partial charge < -0.3 is 9.88 Å². The molecule has 142 valence electrons. The van der Waals surface area contributed by atoms with Gasteiger partial charge in [-0.2, -0.15) is 0 Å². The Kier molecular flexibility index (Phi) is 5.86. The minimum atomic E-state index is -0.339. The summed E-state index contributed by atoms with van der Waals surface area (Å²) < 4.78 is 0. The molecular weight excluding hydrogens is 320 g/mol. The molecule has 0 atom stereocenters. The van der Waals surface area contributed by atoms with Gasteiger partial charge in [0.25, 0.3) is 0 Å². The topological polar surface area (TPSA) is 36.1 Å². The summed E-state index contributed by atoms with van der Waals surface area (Å²) in [5, 5.41) is 1.24. The van der Waals surface area contributed by atoms with Crippen LogP contribution in [0.4, 0.5) is 0 Å². The van der Waals surface area contributed by atoms with E-state index < -0.39 is 0 Å². The van der Waals surface area contributed by atoms with E-state index in [1.165, 1.54) is 62.7 Å². The molecule has 0 amide bonds.